The Labute approximate surface area is 120 Å². The van der Waals surface area contributed by atoms with Gasteiger partial charge >= 0.3 is 5.97 Å². The first kappa shape index (κ1) is 19.1. The first-order valence-corrected chi connectivity index (χ1v) is 6.91. The molecule has 0 aliphatic carbocycles. The molecule has 0 aromatic heterocycles. The van der Waals surface area contributed by atoms with Gasteiger partial charge in [-0.15, -0.1) is 0 Å². The van der Waals surface area contributed by atoms with Crippen LogP contribution in [-0.2, 0) is 23.7 Å². The topological polar surface area (TPSA) is 74.2 Å². The zero-order chi connectivity index (χ0) is 15.1. The van der Waals surface area contributed by atoms with Crippen LogP contribution in [0.4, 0.5) is 0 Å². The lowest BCUT2D eigenvalue weighted by molar-refractivity contribution is -0.139. The SMILES string of the molecule is C=C(COCCCOCCCOCCO)C(=O)OCC. The summed E-state index contributed by atoms with van der Waals surface area (Å²) >= 11 is 0. The van der Waals surface area contributed by atoms with Crippen LogP contribution in [0.5, 0.6) is 0 Å². The first-order chi connectivity index (χ1) is 9.72. The molecule has 6 nitrogen and oxygen atoms in total. The summed E-state index contributed by atoms with van der Waals surface area (Å²) in [5.41, 5.74) is 0.328. The smallest absolute Gasteiger partial charge is 0.335 e. The molecular formula is C14H26O6. The predicted octanol–water partition coefficient (Wildman–Crippen LogP) is 0.928. The highest BCUT2D eigenvalue weighted by Crippen LogP contribution is 1.97. The Balaban J connectivity index is 3.20. The summed E-state index contributed by atoms with van der Waals surface area (Å²) in [6, 6.07) is 0. The highest BCUT2D eigenvalue weighted by atomic mass is 16.5. The van der Waals surface area contributed by atoms with Crippen LogP contribution in [0.3, 0.4) is 0 Å². The van der Waals surface area contributed by atoms with Gasteiger partial charge < -0.3 is 24.1 Å². The van der Waals surface area contributed by atoms with Crippen molar-refractivity contribution in [1.29, 1.82) is 0 Å². The average Bonchev–Trinajstić information content (AvgIpc) is 2.44. The van der Waals surface area contributed by atoms with Crippen molar-refractivity contribution in [2.75, 3.05) is 52.9 Å². The Morgan fingerprint density at radius 2 is 1.55 bits per heavy atom. The lowest BCUT2D eigenvalue weighted by atomic mass is 10.3. The Kier molecular flexibility index (Phi) is 13.8. The lowest BCUT2D eigenvalue weighted by Crippen LogP contribution is -2.12. The van der Waals surface area contributed by atoms with Crippen LogP contribution in [0.25, 0.3) is 0 Å². The molecule has 20 heavy (non-hydrogen) atoms. The first-order valence-electron chi connectivity index (χ1n) is 6.91. The monoisotopic (exact) mass is 290 g/mol. The van der Waals surface area contributed by atoms with Crippen molar-refractivity contribution >= 4 is 5.97 Å². The predicted molar refractivity (Wildman–Crippen MR) is 74.5 cm³/mol. The van der Waals surface area contributed by atoms with Crippen molar-refractivity contribution in [2.24, 2.45) is 0 Å². The van der Waals surface area contributed by atoms with Gasteiger partial charge in [0.05, 0.1) is 32.0 Å². The number of aliphatic hydroxyl groups excluding tert-OH is 1. The van der Waals surface area contributed by atoms with E-state index in [1.165, 1.54) is 0 Å². The van der Waals surface area contributed by atoms with Crippen LogP contribution >= 0.6 is 0 Å². The van der Waals surface area contributed by atoms with Crippen molar-refractivity contribution in [3.05, 3.63) is 12.2 Å². The molecule has 0 aliphatic heterocycles. The van der Waals surface area contributed by atoms with Gasteiger partial charge in [-0.1, -0.05) is 6.58 Å². The number of hydrogen-bond acceptors (Lipinski definition) is 6. The van der Waals surface area contributed by atoms with Gasteiger partial charge in [0.15, 0.2) is 0 Å². The van der Waals surface area contributed by atoms with E-state index in [0.717, 1.165) is 12.8 Å². The van der Waals surface area contributed by atoms with Crippen LogP contribution in [0.1, 0.15) is 19.8 Å². The maximum atomic E-state index is 11.2. The number of carbonyl (C=O) groups excluding carboxylic acids is 1. The fourth-order valence-corrected chi connectivity index (χ4v) is 1.28. The van der Waals surface area contributed by atoms with Crippen molar-refractivity contribution in [2.45, 2.75) is 19.8 Å². The summed E-state index contributed by atoms with van der Waals surface area (Å²) in [5.74, 6) is -0.411. The summed E-state index contributed by atoms with van der Waals surface area (Å²) < 4.78 is 20.5. The van der Waals surface area contributed by atoms with Gasteiger partial charge in [0.2, 0.25) is 0 Å². The van der Waals surface area contributed by atoms with Crippen molar-refractivity contribution < 1.29 is 28.8 Å². The van der Waals surface area contributed by atoms with Crippen molar-refractivity contribution in [3.8, 4) is 0 Å². The largest absolute Gasteiger partial charge is 0.463 e. The van der Waals surface area contributed by atoms with E-state index in [1.54, 1.807) is 6.92 Å². The van der Waals surface area contributed by atoms with Gasteiger partial charge in [-0.2, -0.15) is 0 Å². The molecule has 0 rings (SSSR count). The number of aliphatic hydroxyl groups is 1. The molecule has 0 heterocycles. The molecule has 0 saturated heterocycles. The van der Waals surface area contributed by atoms with E-state index in [1.807, 2.05) is 0 Å². The summed E-state index contributed by atoms with van der Waals surface area (Å²) in [6.45, 7) is 8.63. The summed E-state index contributed by atoms with van der Waals surface area (Å²) in [4.78, 5) is 11.2. The van der Waals surface area contributed by atoms with E-state index in [0.29, 0.717) is 45.2 Å². The summed E-state index contributed by atoms with van der Waals surface area (Å²) in [6.07, 6.45) is 1.56. The molecular weight excluding hydrogens is 264 g/mol. The molecule has 0 aromatic carbocycles. The number of hydrogen-bond donors (Lipinski definition) is 1. The maximum absolute atomic E-state index is 11.2. The van der Waals surface area contributed by atoms with Crippen LogP contribution in [0.15, 0.2) is 12.2 Å². The molecule has 0 radical (unpaired) electrons. The van der Waals surface area contributed by atoms with Gasteiger partial charge in [-0.25, -0.2) is 4.79 Å². The molecule has 0 amide bonds. The third kappa shape index (κ3) is 12.1. The maximum Gasteiger partial charge on any atom is 0.335 e. The summed E-state index contributed by atoms with van der Waals surface area (Å²) in [7, 11) is 0. The Morgan fingerprint density at radius 1 is 1.00 bits per heavy atom. The second kappa shape index (κ2) is 14.5. The van der Waals surface area contributed by atoms with E-state index in [2.05, 4.69) is 6.58 Å². The van der Waals surface area contributed by atoms with E-state index in [9.17, 15) is 4.79 Å². The molecule has 0 fully saturated rings. The minimum atomic E-state index is -0.411. The zero-order valence-electron chi connectivity index (χ0n) is 12.3. The van der Waals surface area contributed by atoms with Crippen LogP contribution in [0.2, 0.25) is 0 Å². The van der Waals surface area contributed by atoms with Crippen LogP contribution < -0.4 is 0 Å². The standard InChI is InChI=1S/C14H26O6/c1-3-20-14(16)13(2)12-19-10-5-8-17-7-4-9-18-11-6-15/h15H,2-12H2,1H3. The van der Waals surface area contributed by atoms with Gasteiger partial charge in [-0.05, 0) is 19.8 Å². The molecule has 0 aromatic rings. The molecule has 0 atom stereocenters. The molecule has 1 N–H and O–H groups in total. The van der Waals surface area contributed by atoms with E-state index in [-0.39, 0.29) is 13.2 Å². The quantitative estimate of drug-likeness (QED) is 0.291. The van der Waals surface area contributed by atoms with Gasteiger partial charge in [-0.3, -0.25) is 0 Å². The second-order valence-electron chi connectivity index (χ2n) is 4.03. The highest BCUT2D eigenvalue weighted by Gasteiger charge is 2.06. The highest BCUT2D eigenvalue weighted by molar-refractivity contribution is 5.87. The fourth-order valence-electron chi connectivity index (χ4n) is 1.28. The number of carbonyl (C=O) groups is 1. The van der Waals surface area contributed by atoms with E-state index >= 15 is 0 Å². The third-order valence-corrected chi connectivity index (χ3v) is 2.23. The number of ether oxygens (including phenoxy) is 4. The Hall–Kier alpha value is -0.950. The van der Waals surface area contributed by atoms with E-state index < -0.39 is 5.97 Å². The van der Waals surface area contributed by atoms with Gasteiger partial charge in [0, 0.05) is 26.4 Å². The molecule has 118 valence electrons. The molecule has 0 saturated carbocycles. The fraction of sp³-hybridized carbons (Fsp3) is 0.786. The van der Waals surface area contributed by atoms with Crippen molar-refractivity contribution in [3.63, 3.8) is 0 Å². The van der Waals surface area contributed by atoms with Gasteiger partial charge in [0.25, 0.3) is 0 Å². The summed E-state index contributed by atoms with van der Waals surface area (Å²) in [5, 5.41) is 8.49. The third-order valence-electron chi connectivity index (χ3n) is 2.23. The average molecular weight is 290 g/mol. The Bertz CT molecular complexity index is 254. The molecule has 6 heteroatoms. The number of esters is 1. The lowest BCUT2D eigenvalue weighted by Gasteiger charge is -2.07. The Morgan fingerprint density at radius 3 is 2.10 bits per heavy atom. The minimum Gasteiger partial charge on any atom is -0.463 e. The molecule has 0 bridgehead atoms. The molecule has 0 spiro atoms. The van der Waals surface area contributed by atoms with Crippen molar-refractivity contribution in [1.82, 2.24) is 0 Å². The van der Waals surface area contributed by atoms with Gasteiger partial charge in [0.1, 0.15) is 0 Å². The zero-order valence-corrected chi connectivity index (χ0v) is 12.3. The normalized spacial score (nSPS) is 10.5. The molecule has 0 aliphatic rings. The van der Waals surface area contributed by atoms with Crippen LogP contribution in [0, 0.1) is 0 Å². The van der Waals surface area contributed by atoms with E-state index in [4.69, 9.17) is 24.1 Å². The number of rotatable bonds is 14. The minimum absolute atomic E-state index is 0.0509. The molecule has 0 unspecified atom stereocenters. The van der Waals surface area contributed by atoms with Crippen LogP contribution in [-0.4, -0.2) is 63.9 Å². The second-order valence-corrected chi connectivity index (χ2v) is 4.03.